The molecule has 2 aromatic rings. The minimum atomic E-state index is -0.524. The Labute approximate surface area is 197 Å². The monoisotopic (exact) mass is 474 g/mol. The Morgan fingerprint density at radius 1 is 1.24 bits per heavy atom. The van der Waals surface area contributed by atoms with E-state index in [-0.39, 0.29) is 28.3 Å². The highest BCUT2D eigenvalue weighted by Crippen LogP contribution is 2.31. The molecule has 1 aliphatic rings. The van der Waals surface area contributed by atoms with Crippen LogP contribution in [-0.4, -0.2) is 60.0 Å². The fraction of sp³-hybridized carbons (Fsp3) is 0.391. The highest BCUT2D eigenvalue weighted by atomic mass is 35.5. The summed E-state index contributed by atoms with van der Waals surface area (Å²) in [5.74, 6) is -0.863. The lowest BCUT2D eigenvalue weighted by molar-refractivity contribution is -0.150. The number of pyridine rings is 1. The van der Waals surface area contributed by atoms with Gasteiger partial charge in [-0.1, -0.05) is 17.7 Å². The lowest BCUT2D eigenvalue weighted by Gasteiger charge is -2.38. The van der Waals surface area contributed by atoms with Crippen molar-refractivity contribution in [3.63, 3.8) is 0 Å². The number of benzene rings is 1. The molecule has 3 rings (SSSR count). The third-order valence-electron chi connectivity index (χ3n) is 5.23. The summed E-state index contributed by atoms with van der Waals surface area (Å²) in [7, 11) is 1.43. The normalized spacial score (nSPS) is 18.3. The molecule has 2 N–H and O–H groups in total. The van der Waals surface area contributed by atoms with E-state index in [1.54, 1.807) is 6.20 Å². The van der Waals surface area contributed by atoms with Crippen LogP contribution in [0.25, 0.3) is 0 Å². The minimum absolute atomic E-state index is 0.206. The molecule has 1 saturated heterocycles. The molecule has 0 bridgehead atoms. The first-order chi connectivity index (χ1) is 15.8. The predicted molar refractivity (Wildman–Crippen MR) is 123 cm³/mol. The number of esters is 1. The Balaban J connectivity index is 1.74. The van der Waals surface area contributed by atoms with Gasteiger partial charge in [0.15, 0.2) is 0 Å². The quantitative estimate of drug-likeness (QED) is 0.593. The van der Waals surface area contributed by atoms with Gasteiger partial charge in [0.25, 0.3) is 5.91 Å². The number of anilines is 1. The van der Waals surface area contributed by atoms with Gasteiger partial charge in [0.2, 0.25) is 5.91 Å². The maximum Gasteiger partial charge on any atom is 0.303 e. The van der Waals surface area contributed by atoms with Crippen molar-refractivity contribution in [3.8, 4) is 5.75 Å². The number of ether oxygens (including phenoxy) is 2. The Bertz CT molecular complexity index is 1020. The molecule has 2 heterocycles. The largest absolute Gasteiger partial charge is 0.496 e. The van der Waals surface area contributed by atoms with Gasteiger partial charge in [-0.25, -0.2) is 0 Å². The molecule has 1 aromatic carbocycles. The number of likely N-dealkylation sites (tertiary alicyclic amines) is 1. The van der Waals surface area contributed by atoms with E-state index in [1.165, 1.54) is 33.1 Å². The smallest absolute Gasteiger partial charge is 0.303 e. The van der Waals surface area contributed by atoms with Crippen molar-refractivity contribution >= 4 is 35.1 Å². The Kier molecular flexibility index (Phi) is 8.24. The number of nitrogens with one attached hydrogen (secondary N) is 2. The topological polar surface area (TPSA) is 110 Å². The predicted octanol–water partition coefficient (Wildman–Crippen LogP) is 2.64. The Morgan fingerprint density at radius 2 is 2.03 bits per heavy atom. The van der Waals surface area contributed by atoms with Gasteiger partial charge in [0.05, 0.1) is 35.1 Å². The van der Waals surface area contributed by atoms with E-state index in [4.69, 9.17) is 21.1 Å². The Hall–Kier alpha value is -3.17. The van der Waals surface area contributed by atoms with Crippen LogP contribution in [0.2, 0.25) is 5.02 Å². The van der Waals surface area contributed by atoms with Crippen molar-refractivity contribution in [1.29, 1.82) is 0 Å². The van der Waals surface area contributed by atoms with E-state index < -0.39 is 18.0 Å². The molecule has 0 saturated carbocycles. The first-order valence-electron chi connectivity index (χ1n) is 10.5. The van der Waals surface area contributed by atoms with Crippen LogP contribution in [0.3, 0.4) is 0 Å². The number of hydrogen-bond acceptors (Lipinski definition) is 7. The van der Waals surface area contributed by atoms with E-state index in [9.17, 15) is 14.4 Å². The van der Waals surface area contributed by atoms with E-state index >= 15 is 0 Å². The maximum atomic E-state index is 13.1. The van der Waals surface area contributed by atoms with Crippen LogP contribution in [0, 0.1) is 0 Å². The molecule has 2 atom stereocenters. The molecule has 1 aliphatic heterocycles. The van der Waals surface area contributed by atoms with Gasteiger partial charge >= 0.3 is 5.97 Å². The number of carbonyl (C=O) groups excluding carboxylic acids is 3. The molecular formula is C23H27ClN4O5. The third kappa shape index (κ3) is 6.66. The van der Waals surface area contributed by atoms with Crippen molar-refractivity contribution in [2.75, 3.05) is 25.5 Å². The lowest BCUT2D eigenvalue weighted by Crippen LogP contribution is -2.55. The van der Waals surface area contributed by atoms with Crippen LogP contribution in [0.1, 0.15) is 36.3 Å². The van der Waals surface area contributed by atoms with Gasteiger partial charge in [0.1, 0.15) is 11.9 Å². The van der Waals surface area contributed by atoms with Gasteiger partial charge in [0, 0.05) is 45.7 Å². The number of carbonyl (C=O) groups is 3. The number of methoxy groups -OCH3 is 1. The summed E-state index contributed by atoms with van der Waals surface area (Å²) >= 11 is 6.25. The van der Waals surface area contributed by atoms with Crippen molar-refractivity contribution in [3.05, 3.63) is 52.8 Å². The number of rotatable bonds is 7. The minimum Gasteiger partial charge on any atom is -0.496 e. The van der Waals surface area contributed by atoms with Gasteiger partial charge in [-0.15, -0.1) is 0 Å². The van der Waals surface area contributed by atoms with E-state index in [2.05, 4.69) is 20.5 Å². The molecule has 0 aliphatic carbocycles. The molecule has 1 fully saturated rings. The maximum absolute atomic E-state index is 13.1. The van der Waals surface area contributed by atoms with Crippen molar-refractivity contribution in [2.24, 2.45) is 0 Å². The second-order valence-electron chi connectivity index (χ2n) is 7.79. The molecule has 2 amide bonds. The fourth-order valence-electron chi connectivity index (χ4n) is 3.77. The standard InChI is InChI=1S/C23H27ClN4O5/c1-14(29)26-20-11-21(32-3)17(10-18(20)24)23(31)27-19-7-9-28(13-22(19)33-15(2)30)12-16-6-4-5-8-25-16/h4-6,8,10-11,19,22H,7,9,12-13H2,1-3H3,(H,26,29)(H,27,31). The zero-order chi connectivity index (χ0) is 24.0. The average Bonchev–Trinajstić information content (AvgIpc) is 2.76. The van der Waals surface area contributed by atoms with E-state index in [0.29, 0.717) is 31.7 Å². The highest BCUT2D eigenvalue weighted by Gasteiger charge is 2.33. The number of halogens is 1. The van der Waals surface area contributed by atoms with Crippen LogP contribution in [0.4, 0.5) is 5.69 Å². The zero-order valence-electron chi connectivity index (χ0n) is 18.8. The molecule has 176 valence electrons. The molecule has 10 heteroatoms. The summed E-state index contributed by atoms with van der Waals surface area (Å²) in [6.07, 6.45) is 1.79. The molecule has 0 spiro atoms. The van der Waals surface area contributed by atoms with Gasteiger partial charge in [-0.3, -0.25) is 24.3 Å². The highest BCUT2D eigenvalue weighted by molar-refractivity contribution is 6.34. The van der Waals surface area contributed by atoms with Crippen LogP contribution in [0.15, 0.2) is 36.5 Å². The van der Waals surface area contributed by atoms with Crippen molar-refractivity contribution < 1.29 is 23.9 Å². The molecular weight excluding hydrogens is 448 g/mol. The average molecular weight is 475 g/mol. The van der Waals surface area contributed by atoms with Crippen LogP contribution < -0.4 is 15.4 Å². The van der Waals surface area contributed by atoms with Crippen LogP contribution in [-0.2, 0) is 20.9 Å². The van der Waals surface area contributed by atoms with Crippen molar-refractivity contribution in [1.82, 2.24) is 15.2 Å². The molecule has 1 aromatic heterocycles. The van der Waals surface area contributed by atoms with E-state index in [0.717, 1.165) is 5.69 Å². The second-order valence-corrected chi connectivity index (χ2v) is 8.19. The van der Waals surface area contributed by atoms with Gasteiger partial charge in [-0.05, 0) is 24.6 Å². The molecule has 9 nitrogen and oxygen atoms in total. The number of amides is 2. The number of hydrogen-bond donors (Lipinski definition) is 2. The first-order valence-corrected chi connectivity index (χ1v) is 10.9. The summed E-state index contributed by atoms with van der Waals surface area (Å²) in [4.78, 5) is 42.6. The summed E-state index contributed by atoms with van der Waals surface area (Å²) in [6, 6.07) is 8.27. The van der Waals surface area contributed by atoms with Gasteiger partial charge in [-0.2, -0.15) is 0 Å². The van der Waals surface area contributed by atoms with E-state index in [1.807, 2.05) is 18.2 Å². The van der Waals surface area contributed by atoms with Gasteiger partial charge < -0.3 is 20.1 Å². The summed E-state index contributed by atoms with van der Waals surface area (Å²) in [5, 5.41) is 5.76. The number of aromatic nitrogens is 1. The summed E-state index contributed by atoms with van der Waals surface area (Å²) in [5.41, 5.74) is 1.48. The zero-order valence-corrected chi connectivity index (χ0v) is 19.5. The van der Waals surface area contributed by atoms with Crippen LogP contribution >= 0.6 is 11.6 Å². The fourth-order valence-corrected chi connectivity index (χ4v) is 3.98. The van der Waals surface area contributed by atoms with Crippen LogP contribution in [0.5, 0.6) is 5.75 Å². The Morgan fingerprint density at radius 3 is 2.67 bits per heavy atom. The second kappa shape index (κ2) is 11.1. The van der Waals surface area contributed by atoms with Crippen molar-refractivity contribution in [2.45, 2.75) is 39.0 Å². The third-order valence-corrected chi connectivity index (χ3v) is 5.55. The SMILES string of the molecule is COc1cc(NC(C)=O)c(Cl)cc1C(=O)NC1CCN(Cc2ccccn2)CC1OC(C)=O. The summed E-state index contributed by atoms with van der Waals surface area (Å²) in [6.45, 7) is 4.48. The molecule has 0 radical (unpaired) electrons. The molecule has 33 heavy (non-hydrogen) atoms. The molecule has 2 unspecified atom stereocenters. The lowest BCUT2D eigenvalue weighted by atomic mass is 10.0. The summed E-state index contributed by atoms with van der Waals surface area (Å²) < 4.78 is 10.9. The number of piperidine rings is 1. The number of nitrogens with zero attached hydrogens (tertiary/aromatic N) is 2. The first kappa shape index (κ1) is 24.5.